The first-order chi connectivity index (χ1) is 8.16. The first-order valence-corrected chi connectivity index (χ1v) is 7.44. The molecule has 0 aromatic carbocycles. The van der Waals surface area contributed by atoms with Gasteiger partial charge < -0.3 is 0 Å². The Hall–Kier alpha value is -0.520. The summed E-state index contributed by atoms with van der Waals surface area (Å²) in [6, 6.07) is 0. The van der Waals surface area contributed by atoms with Crippen molar-refractivity contribution >= 4 is 0 Å². The summed E-state index contributed by atoms with van der Waals surface area (Å²) in [6.45, 7) is 10.7. The monoisotopic (exact) mass is 236 g/mol. The van der Waals surface area contributed by atoms with E-state index in [1.165, 1.54) is 51.4 Å². The minimum Gasteiger partial charge on any atom is -0.103 e. The first-order valence-electron chi connectivity index (χ1n) is 7.44. The summed E-state index contributed by atoms with van der Waals surface area (Å²) < 4.78 is 0. The molecule has 17 heavy (non-hydrogen) atoms. The SMILES string of the molecule is C=CC(C)CCCCCC=CCCCC(C)C. The van der Waals surface area contributed by atoms with Crippen molar-refractivity contribution < 1.29 is 0 Å². The summed E-state index contributed by atoms with van der Waals surface area (Å²) in [6.07, 6.45) is 17.4. The molecule has 0 N–H and O–H groups in total. The molecule has 0 nitrogen and oxygen atoms in total. The van der Waals surface area contributed by atoms with Gasteiger partial charge in [-0.3, -0.25) is 0 Å². The number of rotatable bonds is 11. The van der Waals surface area contributed by atoms with Crippen LogP contribution in [0.1, 0.15) is 72.1 Å². The quantitative estimate of drug-likeness (QED) is 0.298. The van der Waals surface area contributed by atoms with Crippen LogP contribution in [0.2, 0.25) is 0 Å². The number of unbranched alkanes of at least 4 members (excludes halogenated alkanes) is 4. The molecule has 0 amide bonds. The van der Waals surface area contributed by atoms with Gasteiger partial charge >= 0.3 is 0 Å². The van der Waals surface area contributed by atoms with Gasteiger partial charge in [-0.15, -0.1) is 6.58 Å². The third kappa shape index (κ3) is 13.4. The van der Waals surface area contributed by atoms with Gasteiger partial charge in [0.1, 0.15) is 0 Å². The molecule has 1 atom stereocenters. The van der Waals surface area contributed by atoms with Gasteiger partial charge in [-0.2, -0.15) is 0 Å². The molecule has 0 aliphatic heterocycles. The maximum Gasteiger partial charge on any atom is -0.0265 e. The molecule has 0 saturated carbocycles. The fourth-order valence-corrected chi connectivity index (χ4v) is 1.90. The van der Waals surface area contributed by atoms with Crippen LogP contribution in [0.15, 0.2) is 24.8 Å². The molecular formula is C17H32. The van der Waals surface area contributed by atoms with E-state index in [0.717, 1.165) is 5.92 Å². The molecule has 1 unspecified atom stereocenters. The Kier molecular flexibility index (Phi) is 11.6. The highest BCUT2D eigenvalue weighted by Crippen LogP contribution is 2.11. The lowest BCUT2D eigenvalue weighted by Gasteiger charge is -2.04. The molecule has 0 radical (unpaired) electrons. The molecule has 0 aromatic rings. The summed E-state index contributed by atoms with van der Waals surface area (Å²) in [4.78, 5) is 0. The van der Waals surface area contributed by atoms with E-state index in [-0.39, 0.29) is 0 Å². The second-order valence-electron chi connectivity index (χ2n) is 5.65. The zero-order valence-corrected chi connectivity index (χ0v) is 12.3. The fourth-order valence-electron chi connectivity index (χ4n) is 1.90. The van der Waals surface area contributed by atoms with Gasteiger partial charge in [0, 0.05) is 0 Å². The number of hydrogen-bond acceptors (Lipinski definition) is 0. The molecule has 0 spiro atoms. The lowest BCUT2D eigenvalue weighted by Crippen LogP contribution is -1.88. The van der Waals surface area contributed by atoms with Crippen LogP contribution >= 0.6 is 0 Å². The molecule has 0 fully saturated rings. The molecule has 0 heterocycles. The van der Waals surface area contributed by atoms with Crippen LogP contribution in [0.5, 0.6) is 0 Å². The van der Waals surface area contributed by atoms with Crippen LogP contribution in [-0.4, -0.2) is 0 Å². The average molecular weight is 236 g/mol. The van der Waals surface area contributed by atoms with Gasteiger partial charge in [0.05, 0.1) is 0 Å². The summed E-state index contributed by atoms with van der Waals surface area (Å²) >= 11 is 0. The predicted octanol–water partition coefficient (Wildman–Crippen LogP) is 6.14. The summed E-state index contributed by atoms with van der Waals surface area (Å²) in [7, 11) is 0. The molecular weight excluding hydrogens is 204 g/mol. The van der Waals surface area contributed by atoms with E-state index in [1.807, 2.05) is 0 Å². The molecule has 100 valence electrons. The van der Waals surface area contributed by atoms with Gasteiger partial charge in [-0.1, -0.05) is 58.3 Å². The summed E-state index contributed by atoms with van der Waals surface area (Å²) in [5, 5.41) is 0. The highest BCUT2D eigenvalue weighted by Gasteiger charge is 1.95. The third-order valence-corrected chi connectivity index (χ3v) is 3.25. The molecule has 0 saturated heterocycles. The van der Waals surface area contributed by atoms with Crippen molar-refractivity contribution in [1.82, 2.24) is 0 Å². The van der Waals surface area contributed by atoms with Crippen molar-refractivity contribution in [3.8, 4) is 0 Å². The maximum atomic E-state index is 3.82. The Balaban J connectivity index is 3.16. The predicted molar refractivity (Wildman–Crippen MR) is 80.3 cm³/mol. The summed E-state index contributed by atoms with van der Waals surface area (Å²) in [5.74, 6) is 1.55. The smallest absolute Gasteiger partial charge is 0.0265 e. The third-order valence-electron chi connectivity index (χ3n) is 3.25. The molecule has 0 aromatic heterocycles. The second-order valence-corrected chi connectivity index (χ2v) is 5.65. The Morgan fingerprint density at radius 3 is 2.06 bits per heavy atom. The zero-order chi connectivity index (χ0) is 12.9. The Bertz CT molecular complexity index is 188. The Labute approximate surface area is 109 Å². The molecule has 0 aliphatic carbocycles. The van der Waals surface area contributed by atoms with E-state index < -0.39 is 0 Å². The minimum absolute atomic E-state index is 0.696. The minimum atomic E-state index is 0.696. The fraction of sp³-hybridized carbons (Fsp3) is 0.765. The lowest BCUT2D eigenvalue weighted by molar-refractivity contribution is 0.558. The first kappa shape index (κ1) is 16.5. The van der Waals surface area contributed by atoms with Crippen LogP contribution in [0.4, 0.5) is 0 Å². The standard InChI is InChI=1S/C17H32/c1-5-17(4)15-13-11-9-7-6-8-10-12-14-16(2)3/h5-6,8,16-17H,1,7,9-15H2,2-4H3. The number of hydrogen-bond donors (Lipinski definition) is 0. The normalized spacial score (nSPS) is 13.4. The lowest BCUT2D eigenvalue weighted by atomic mass is 10.0. The molecule has 0 bridgehead atoms. The largest absolute Gasteiger partial charge is 0.103 e. The van der Waals surface area contributed by atoms with Crippen molar-refractivity contribution in [3.05, 3.63) is 24.8 Å². The second kappa shape index (κ2) is 12.0. The van der Waals surface area contributed by atoms with Crippen molar-refractivity contribution in [3.63, 3.8) is 0 Å². The van der Waals surface area contributed by atoms with Gasteiger partial charge in [0.2, 0.25) is 0 Å². The van der Waals surface area contributed by atoms with Crippen LogP contribution in [-0.2, 0) is 0 Å². The zero-order valence-electron chi connectivity index (χ0n) is 12.3. The topological polar surface area (TPSA) is 0 Å². The highest BCUT2D eigenvalue weighted by atomic mass is 14.0. The number of allylic oxidation sites excluding steroid dienone is 3. The van der Waals surface area contributed by atoms with E-state index in [0.29, 0.717) is 5.92 Å². The average Bonchev–Trinajstić information content (AvgIpc) is 2.30. The van der Waals surface area contributed by atoms with Gasteiger partial charge in [0.25, 0.3) is 0 Å². The van der Waals surface area contributed by atoms with Crippen molar-refractivity contribution in [2.45, 2.75) is 72.1 Å². The van der Waals surface area contributed by atoms with Crippen molar-refractivity contribution in [1.29, 1.82) is 0 Å². The summed E-state index contributed by atoms with van der Waals surface area (Å²) in [5.41, 5.74) is 0. The van der Waals surface area contributed by atoms with Crippen LogP contribution in [0, 0.1) is 11.8 Å². The molecule has 0 aliphatic rings. The molecule has 0 heteroatoms. The Morgan fingerprint density at radius 2 is 1.47 bits per heavy atom. The Morgan fingerprint density at radius 1 is 0.824 bits per heavy atom. The van der Waals surface area contributed by atoms with E-state index in [4.69, 9.17) is 0 Å². The van der Waals surface area contributed by atoms with Crippen LogP contribution in [0.3, 0.4) is 0 Å². The van der Waals surface area contributed by atoms with E-state index in [1.54, 1.807) is 0 Å². The van der Waals surface area contributed by atoms with E-state index in [9.17, 15) is 0 Å². The van der Waals surface area contributed by atoms with E-state index in [2.05, 4.69) is 45.6 Å². The van der Waals surface area contributed by atoms with Gasteiger partial charge in [-0.05, 0) is 43.9 Å². The van der Waals surface area contributed by atoms with Crippen LogP contribution in [0.25, 0.3) is 0 Å². The highest BCUT2D eigenvalue weighted by molar-refractivity contribution is 4.81. The van der Waals surface area contributed by atoms with Crippen molar-refractivity contribution in [2.24, 2.45) is 11.8 Å². The van der Waals surface area contributed by atoms with Crippen molar-refractivity contribution in [2.75, 3.05) is 0 Å². The van der Waals surface area contributed by atoms with Gasteiger partial charge in [-0.25, -0.2) is 0 Å². The molecule has 0 rings (SSSR count). The van der Waals surface area contributed by atoms with E-state index >= 15 is 0 Å². The van der Waals surface area contributed by atoms with Crippen LogP contribution < -0.4 is 0 Å². The van der Waals surface area contributed by atoms with Gasteiger partial charge in [0.15, 0.2) is 0 Å². The maximum absolute atomic E-state index is 3.82.